The molecule has 0 saturated carbocycles. The molecule has 0 N–H and O–H groups in total. The van der Waals surface area contributed by atoms with Gasteiger partial charge in [0.15, 0.2) is 5.70 Å². The second-order valence-corrected chi connectivity index (χ2v) is 7.78. The number of carbonyl (C=O) groups excluding carboxylic acids is 1. The van der Waals surface area contributed by atoms with Gasteiger partial charge >= 0.3 is 5.97 Å². The number of hydrogen-bond acceptors (Lipinski definition) is 4. The molecule has 0 atom stereocenters. The number of rotatable bonds is 4. The monoisotopic (exact) mass is 425 g/mol. The summed E-state index contributed by atoms with van der Waals surface area (Å²) < 4.78 is 11.1. The molecule has 0 unspecified atom stereocenters. The van der Waals surface area contributed by atoms with E-state index in [2.05, 4.69) is 18.8 Å². The fourth-order valence-corrected chi connectivity index (χ4v) is 3.32. The summed E-state index contributed by atoms with van der Waals surface area (Å²) in [5.41, 5.74) is 2.80. The molecule has 0 bridgehead atoms. The Hall–Kier alpha value is -2.82. The SMILES string of the molecule is CC(C)c1ccc(C2=N/C(=C\c3ccc(-c4cc(Cl)ccc4Cl)o3)C(=O)O2)cc1. The number of ether oxygens (including phenoxy) is 1. The third kappa shape index (κ3) is 4.14. The lowest BCUT2D eigenvalue weighted by Gasteiger charge is -2.05. The lowest BCUT2D eigenvalue weighted by atomic mass is 10.0. The highest BCUT2D eigenvalue weighted by atomic mass is 35.5. The summed E-state index contributed by atoms with van der Waals surface area (Å²) in [5, 5.41) is 1.08. The number of esters is 1. The van der Waals surface area contributed by atoms with Crippen molar-refractivity contribution in [2.45, 2.75) is 19.8 Å². The summed E-state index contributed by atoms with van der Waals surface area (Å²) in [4.78, 5) is 16.5. The summed E-state index contributed by atoms with van der Waals surface area (Å²) in [6, 6.07) is 16.4. The van der Waals surface area contributed by atoms with Crippen LogP contribution >= 0.6 is 23.2 Å². The minimum absolute atomic E-state index is 0.172. The van der Waals surface area contributed by atoms with Crippen molar-refractivity contribution in [1.82, 2.24) is 0 Å². The average Bonchev–Trinajstić information content (AvgIpc) is 3.31. The Kier molecular flexibility index (Phi) is 5.31. The van der Waals surface area contributed by atoms with Crippen molar-refractivity contribution in [2.24, 2.45) is 4.99 Å². The van der Waals surface area contributed by atoms with E-state index >= 15 is 0 Å². The lowest BCUT2D eigenvalue weighted by Crippen LogP contribution is -2.05. The lowest BCUT2D eigenvalue weighted by molar-refractivity contribution is -0.129. The Morgan fingerprint density at radius 2 is 1.76 bits per heavy atom. The molecule has 146 valence electrons. The normalized spacial score (nSPS) is 15.1. The van der Waals surface area contributed by atoms with E-state index in [4.69, 9.17) is 32.4 Å². The number of furan rings is 1. The zero-order chi connectivity index (χ0) is 20.5. The Labute approximate surface area is 178 Å². The smallest absolute Gasteiger partial charge is 0.363 e. The fourth-order valence-electron chi connectivity index (χ4n) is 2.94. The molecule has 0 amide bonds. The molecule has 2 heterocycles. The Morgan fingerprint density at radius 1 is 1.00 bits per heavy atom. The van der Waals surface area contributed by atoms with Gasteiger partial charge in [0.2, 0.25) is 5.90 Å². The van der Waals surface area contributed by atoms with Crippen LogP contribution in [0.5, 0.6) is 0 Å². The maximum absolute atomic E-state index is 12.2. The quantitative estimate of drug-likeness (QED) is 0.344. The fraction of sp³-hybridized carbons (Fsp3) is 0.130. The van der Waals surface area contributed by atoms with Crippen LogP contribution in [0.25, 0.3) is 17.4 Å². The van der Waals surface area contributed by atoms with Crippen molar-refractivity contribution in [3.63, 3.8) is 0 Å². The van der Waals surface area contributed by atoms with Gasteiger partial charge in [-0.1, -0.05) is 49.2 Å². The van der Waals surface area contributed by atoms with Crippen LogP contribution in [0.3, 0.4) is 0 Å². The first-order chi connectivity index (χ1) is 13.9. The number of hydrogen-bond donors (Lipinski definition) is 0. The molecule has 29 heavy (non-hydrogen) atoms. The molecular weight excluding hydrogens is 409 g/mol. The third-order valence-corrected chi connectivity index (χ3v) is 5.11. The van der Waals surface area contributed by atoms with Crippen LogP contribution in [0.15, 0.2) is 69.7 Å². The molecule has 4 nitrogen and oxygen atoms in total. The van der Waals surface area contributed by atoms with Crippen LogP contribution in [0.4, 0.5) is 0 Å². The van der Waals surface area contributed by atoms with Crippen LogP contribution in [0.2, 0.25) is 10.0 Å². The largest absolute Gasteiger partial charge is 0.457 e. The van der Waals surface area contributed by atoms with Gasteiger partial charge in [0.1, 0.15) is 11.5 Å². The number of nitrogens with zero attached hydrogens (tertiary/aromatic N) is 1. The average molecular weight is 426 g/mol. The summed E-state index contributed by atoms with van der Waals surface area (Å²) in [6.07, 6.45) is 1.54. The Bertz CT molecular complexity index is 1140. The van der Waals surface area contributed by atoms with Gasteiger partial charge in [-0.3, -0.25) is 0 Å². The predicted molar refractivity (Wildman–Crippen MR) is 115 cm³/mol. The Balaban J connectivity index is 1.61. The molecule has 6 heteroatoms. The van der Waals surface area contributed by atoms with E-state index < -0.39 is 5.97 Å². The van der Waals surface area contributed by atoms with Gasteiger partial charge in [-0.05, 0) is 53.9 Å². The first-order valence-electron chi connectivity index (χ1n) is 9.09. The molecule has 0 saturated heterocycles. The number of halogens is 2. The van der Waals surface area contributed by atoms with E-state index in [0.717, 1.165) is 5.56 Å². The maximum Gasteiger partial charge on any atom is 0.363 e. The van der Waals surface area contributed by atoms with Gasteiger partial charge in [-0.2, -0.15) is 0 Å². The summed E-state index contributed by atoms with van der Waals surface area (Å²) in [7, 11) is 0. The molecular formula is C23H17Cl2NO3. The molecule has 1 aliphatic heterocycles. The van der Waals surface area contributed by atoms with Crippen molar-refractivity contribution in [1.29, 1.82) is 0 Å². The second-order valence-electron chi connectivity index (χ2n) is 6.94. The van der Waals surface area contributed by atoms with Crippen molar-refractivity contribution < 1.29 is 13.9 Å². The zero-order valence-electron chi connectivity index (χ0n) is 15.8. The molecule has 2 aromatic carbocycles. The molecule has 0 aliphatic carbocycles. The third-order valence-electron chi connectivity index (χ3n) is 4.54. The van der Waals surface area contributed by atoms with Gasteiger partial charge in [0.25, 0.3) is 0 Å². The number of cyclic esters (lactones) is 1. The van der Waals surface area contributed by atoms with E-state index in [9.17, 15) is 4.79 Å². The molecule has 0 radical (unpaired) electrons. The van der Waals surface area contributed by atoms with Crippen LogP contribution < -0.4 is 0 Å². The first-order valence-corrected chi connectivity index (χ1v) is 9.84. The van der Waals surface area contributed by atoms with Crippen molar-refractivity contribution in [3.05, 3.63) is 87.2 Å². The molecule has 0 fully saturated rings. The molecule has 4 rings (SSSR count). The van der Waals surface area contributed by atoms with Gasteiger partial charge in [-0.15, -0.1) is 0 Å². The first kappa shape index (κ1) is 19.5. The van der Waals surface area contributed by atoms with E-state index in [1.54, 1.807) is 36.4 Å². The van der Waals surface area contributed by atoms with Crippen LogP contribution in [0, 0.1) is 0 Å². The topological polar surface area (TPSA) is 51.8 Å². The van der Waals surface area contributed by atoms with E-state index in [1.807, 2.05) is 24.3 Å². The standard InChI is InChI=1S/C23H17Cl2NO3/c1-13(2)14-3-5-15(6-4-14)22-26-20(23(27)29-22)12-17-8-10-21(28-17)18-11-16(24)7-9-19(18)25/h3-13H,1-2H3/b20-12-. The zero-order valence-corrected chi connectivity index (χ0v) is 17.3. The van der Waals surface area contributed by atoms with Gasteiger partial charge < -0.3 is 9.15 Å². The molecule has 0 spiro atoms. The maximum atomic E-state index is 12.2. The van der Waals surface area contributed by atoms with E-state index in [0.29, 0.717) is 33.0 Å². The van der Waals surface area contributed by atoms with Gasteiger partial charge in [0.05, 0.1) is 5.02 Å². The highest BCUT2D eigenvalue weighted by Gasteiger charge is 2.24. The molecule has 1 aromatic heterocycles. The molecule has 1 aliphatic rings. The van der Waals surface area contributed by atoms with Gasteiger partial charge in [0, 0.05) is 22.2 Å². The van der Waals surface area contributed by atoms with E-state index in [-0.39, 0.29) is 11.6 Å². The van der Waals surface area contributed by atoms with Crippen molar-refractivity contribution in [2.75, 3.05) is 0 Å². The Morgan fingerprint density at radius 3 is 2.48 bits per heavy atom. The highest BCUT2D eigenvalue weighted by molar-refractivity contribution is 6.35. The van der Waals surface area contributed by atoms with Crippen LogP contribution in [0.1, 0.15) is 36.7 Å². The number of carbonyl (C=O) groups is 1. The van der Waals surface area contributed by atoms with Crippen molar-refractivity contribution in [3.8, 4) is 11.3 Å². The summed E-state index contributed by atoms with van der Waals surface area (Å²) >= 11 is 12.3. The predicted octanol–water partition coefficient (Wildman–Crippen LogP) is 6.72. The van der Waals surface area contributed by atoms with Crippen LogP contribution in [-0.2, 0) is 9.53 Å². The second kappa shape index (κ2) is 7.90. The number of aliphatic imine (C=N–C) groups is 1. The molecule has 3 aromatic rings. The summed E-state index contributed by atoms with van der Waals surface area (Å²) in [6.45, 7) is 4.24. The minimum Gasteiger partial charge on any atom is -0.457 e. The summed E-state index contributed by atoms with van der Waals surface area (Å²) in [5.74, 6) is 1.19. The van der Waals surface area contributed by atoms with Crippen LogP contribution in [-0.4, -0.2) is 11.9 Å². The van der Waals surface area contributed by atoms with Crippen molar-refractivity contribution >= 4 is 41.1 Å². The number of benzene rings is 2. The van der Waals surface area contributed by atoms with E-state index in [1.165, 1.54) is 5.56 Å². The minimum atomic E-state index is -0.522. The van der Waals surface area contributed by atoms with Gasteiger partial charge in [-0.25, -0.2) is 9.79 Å². The highest BCUT2D eigenvalue weighted by Crippen LogP contribution is 2.32.